The second-order valence-electron chi connectivity index (χ2n) is 5.13. The molecule has 1 saturated heterocycles. The number of piperazine rings is 1. The number of hydrogen-bond donors (Lipinski definition) is 2. The zero-order valence-electron chi connectivity index (χ0n) is 11.3. The summed E-state index contributed by atoms with van der Waals surface area (Å²) in [5.41, 5.74) is 6.90. The number of nitrogens with one attached hydrogen (secondary N) is 1. The zero-order valence-corrected chi connectivity index (χ0v) is 12.0. The molecule has 1 aliphatic heterocycles. The molecule has 4 nitrogen and oxygen atoms in total. The number of nitrogens with zero attached hydrogens (tertiary/aromatic N) is 2. The van der Waals surface area contributed by atoms with Crippen LogP contribution in [0.1, 0.15) is 0 Å². The number of benzene rings is 1. The molecule has 1 fully saturated rings. The number of hydrogen-bond acceptors (Lipinski definition) is 4. The quantitative estimate of drug-likeness (QED) is 0.831. The highest BCUT2D eigenvalue weighted by atomic mass is 35.5. The van der Waals surface area contributed by atoms with Crippen molar-refractivity contribution in [2.75, 3.05) is 51.3 Å². The third-order valence-corrected chi connectivity index (χ3v) is 3.89. The van der Waals surface area contributed by atoms with Gasteiger partial charge in [-0.2, -0.15) is 0 Å². The monoisotopic (exact) mass is 286 g/mol. The molecule has 1 unspecified atom stereocenters. The normalized spacial score (nSPS) is 21.6. The fraction of sp³-hybridized carbons (Fsp3) is 0.538. The van der Waals surface area contributed by atoms with Gasteiger partial charge in [0.15, 0.2) is 0 Å². The molecule has 6 heteroatoms. The number of anilines is 2. The average molecular weight is 287 g/mol. The number of halogens is 2. The van der Waals surface area contributed by atoms with Gasteiger partial charge in [-0.15, -0.1) is 0 Å². The van der Waals surface area contributed by atoms with Crippen LogP contribution in [0, 0.1) is 5.82 Å². The van der Waals surface area contributed by atoms with Crippen molar-refractivity contribution in [2.24, 2.45) is 0 Å². The minimum absolute atomic E-state index is 0.0533. The summed E-state index contributed by atoms with van der Waals surface area (Å²) in [7, 11) is 4.21. The Bertz CT molecular complexity index is 455. The first-order valence-electron chi connectivity index (χ1n) is 6.34. The third kappa shape index (κ3) is 3.49. The van der Waals surface area contributed by atoms with Crippen LogP contribution >= 0.6 is 11.6 Å². The molecule has 1 atom stereocenters. The number of likely N-dealkylation sites (N-methyl/N-ethyl adjacent to an activating group) is 2. The van der Waals surface area contributed by atoms with E-state index in [0.29, 0.717) is 17.4 Å². The molecule has 2 rings (SSSR count). The molecule has 0 saturated carbocycles. The number of nitrogens with two attached hydrogens (primary N) is 1. The van der Waals surface area contributed by atoms with Crippen LogP contribution in [-0.4, -0.2) is 56.1 Å². The first-order valence-corrected chi connectivity index (χ1v) is 6.72. The summed E-state index contributed by atoms with van der Waals surface area (Å²) in [5, 5.41) is 3.26. The van der Waals surface area contributed by atoms with Crippen LogP contribution in [0.25, 0.3) is 0 Å². The molecule has 19 heavy (non-hydrogen) atoms. The predicted octanol–water partition coefficient (Wildman–Crippen LogP) is 1.72. The Hall–Kier alpha value is -1.04. The minimum atomic E-state index is -0.451. The lowest BCUT2D eigenvalue weighted by molar-refractivity contribution is 0.122. The Morgan fingerprint density at radius 1 is 1.42 bits per heavy atom. The second kappa shape index (κ2) is 5.94. The largest absolute Gasteiger partial charge is 0.397 e. The fourth-order valence-electron chi connectivity index (χ4n) is 2.26. The Morgan fingerprint density at radius 3 is 2.89 bits per heavy atom. The van der Waals surface area contributed by atoms with E-state index >= 15 is 0 Å². The molecule has 0 aromatic heterocycles. The predicted molar refractivity (Wildman–Crippen MR) is 78.2 cm³/mol. The molecule has 106 valence electrons. The smallest absolute Gasteiger partial charge is 0.143 e. The summed E-state index contributed by atoms with van der Waals surface area (Å²) in [6.07, 6.45) is 0. The Balaban J connectivity index is 2.00. The lowest BCUT2D eigenvalue weighted by Gasteiger charge is -2.38. The number of rotatable bonds is 3. The molecule has 0 bridgehead atoms. The average Bonchev–Trinajstić information content (AvgIpc) is 2.36. The molecule has 1 aliphatic rings. The maximum absolute atomic E-state index is 13.4. The SMILES string of the molecule is CN1CCN(C)C(CNc2cc(F)c(Cl)cc2N)C1. The van der Waals surface area contributed by atoms with E-state index in [0.717, 1.165) is 26.2 Å². The molecular weight excluding hydrogens is 267 g/mol. The van der Waals surface area contributed by atoms with Crippen LogP contribution in [0.2, 0.25) is 5.02 Å². The Morgan fingerprint density at radius 2 is 2.16 bits per heavy atom. The standard InChI is InChI=1S/C13H20ClFN4/c1-18-3-4-19(2)9(8-18)7-17-13-6-11(15)10(14)5-12(13)16/h5-6,9,17H,3-4,7-8,16H2,1-2H3. The first kappa shape index (κ1) is 14.4. The van der Waals surface area contributed by atoms with Crippen LogP contribution in [-0.2, 0) is 0 Å². The molecule has 1 aromatic rings. The van der Waals surface area contributed by atoms with E-state index in [1.807, 2.05) is 0 Å². The van der Waals surface area contributed by atoms with Crippen LogP contribution in [0.15, 0.2) is 12.1 Å². The first-order chi connectivity index (χ1) is 8.97. The van der Waals surface area contributed by atoms with Crippen molar-refractivity contribution in [1.82, 2.24) is 9.80 Å². The van der Waals surface area contributed by atoms with Crippen molar-refractivity contribution in [1.29, 1.82) is 0 Å². The van der Waals surface area contributed by atoms with Gasteiger partial charge in [-0.3, -0.25) is 4.90 Å². The zero-order chi connectivity index (χ0) is 14.0. The Kier molecular flexibility index (Phi) is 4.50. The van der Waals surface area contributed by atoms with Gasteiger partial charge in [0, 0.05) is 38.3 Å². The van der Waals surface area contributed by atoms with E-state index < -0.39 is 5.82 Å². The van der Waals surface area contributed by atoms with E-state index in [2.05, 4.69) is 29.2 Å². The van der Waals surface area contributed by atoms with E-state index in [1.54, 1.807) is 0 Å². The minimum Gasteiger partial charge on any atom is -0.397 e. The van der Waals surface area contributed by atoms with E-state index in [9.17, 15) is 4.39 Å². The highest BCUT2D eigenvalue weighted by Crippen LogP contribution is 2.26. The van der Waals surface area contributed by atoms with Gasteiger partial charge in [0.2, 0.25) is 0 Å². The molecule has 0 radical (unpaired) electrons. The van der Waals surface area contributed by atoms with Crippen LogP contribution in [0.3, 0.4) is 0 Å². The van der Waals surface area contributed by atoms with Crippen molar-refractivity contribution in [3.8, 4) is 0 Å². The van der Waals surface area contributed by atoms with Crippen LogP contribution < -0.4 is 11.1 Å². The number of nitrogen functional groups attached to an aromatic ring is 1. The van der Waals surface area contributed by atoms with Gasteiger partial charge in [-0.05, 0) is 20.2 Å². The van der Waals surface area contributed by atoms with Crippen molar-refractivity contribution in [2.45, 2.75) is 6.04 Å². The van der Waals surface area contributed by atoms with Crippen molar-refractivity contribution in [3.63, 3.8) is 0 Å². The highest BCUT2D eigenvalue weighted by molar-refractivity contribution is 6.31. The summed E-state index contributed by atoms with van der Waals surface area (Å²) in [4.78, 5) is 4.59. The van der Waals surface area contributed by atoms with Crippen LogP contribution in [0.4, 0.5) is 15.8 Å². The van der Waals surface area contributed by atoms with Gasteiger partial charge in [0.05, 0.1) is 16.4 Å². The lowest BCUT2D eigenvalue weighted by Crippen LogP contribution is -2.52. The topological polar surface area (TPSA) is 44.5 Å². The van der Waals surface area contributed by atoms with Gasteiger partial charge >= 0.3 is 0 Å². The third-order valence-electron chi connectivity index (χ3n) is 3.60. The lowest BCUT2D eigenvalue weighted by atomic mass is 10.1. The van der Waals surface area contributed by atoms with Crippen molar-refractivity contribution >= 4 is 23.0 Å². The van der Waals surface area contributed by atoms with E-state index in [4.69, 9.17) is 17.3 Å². The van der Waals surface area contributed by atoms with Gasteiger partial charge in [0.1, 0.15) is 5.82 Å². The van der Waals surface area contributed by atoms with Crippen molar-refractivity contribution < 1.29 is 4.39 Å². The fourth-order valence-corrected chi connectivity index (χ4v) is 2.44. The second-order valence-corrected chi connectivity index (χ2v) is 5.54. The molecular formula is C13H20ClFN4. The molecule has 3 N–H and O–H groups in total. The van der Waals surface area contributed by atoms with Gasteiger partial charge in [0.25, 0.3) is 0 Å². The van der Waals surface area contributed by atoms with E-state index in [1.165, 1.54) is 12.1 Å². The molecule has 1 heterocycles. The molecule has 1 aromatic carbocycles. The van der Waals surface area contributed by atoms with Gasteiger partial charge < -0.3 is 16.0 Å². The van der Waals surface area contributed by atoms with E-state index in [-0.39, 0.29) is 5.02 Å². The maximum Gasteiger partial charge on any atom is 0.143 e. The summed E-state index contributed by atoms with van der Waals surface area (Å²) in [6.45, 7) is 3.82. The highest BCUT2D eigenvalue weighted by Gasteiger charge is 2.22. The maximum atomic E-state index is 13.4. The van der Waals surface area contributed by atoms with Crippen LogP contribution in [0.5, 0.6) is 0 Å². The summed E-state index contributed by atoms with van der Waals surface area (Å²) >= 11 is 5.68. The summed E-state index contributed by atoms with van der Waals surface area (Å²) < 4.78 is 13.4. The molecule has 0 amide bonds. The molecule has 0 aliphatic carbocycles. The van der Waals surface area contributed by atoms with Crippen molar-refractivity contribution in [3.05, 3.63) is 23.0 Å². The molecule has 0 spiro atoms. The Labute approximate surface area is 118 Å². The van der Waals surface area contributed by atoms with Gasteiger partial charge in [-0.25, -0.2) is 4.39 Å². The van der Waals surface area contributed by atoms with Gasteiger partial charge in [-0.1, -0.05) is 11.6 Å². The summed E-state index contributed by atoms with van der Waals surface area (Å²) in [6, 6.07) is 3.18. The summed E-state index contributed by atoms with van der Waals surface area (Å²) in [5.74, 6) is -0.451.